The maximum atomic E-state index is 6.28. The minimum absolute atomic E-state index is 0.338. The van der Waals surface area contributed by atoms with Crippen LogP contribution < -0.4 is 4.74 Å². The molecule has 1 aliphatic rings. The van der Waals surface area contributed by atoms with Gasteiger partial charge in [-0.1, -0.05) is 18.2 Å². The van der Waals surface area contributed by atoms with Crippen LogP contribution in [-0.2, 0) is 0 Å². The summed E-state index contributed by atoms with van der Waals surface area (Å²) in [7, 11) is 0. The molecule has 5 rings (SSSR count). The van der Waals surface area contributed by atoms with Crippen molar-refractivity contribution >= 4 is 0 Å². The molecule has 1 unspecified atom stereocenters. The lowest BCUT2D eigenvalue weighted by molar-refractivity contribution is 0.239. The molecule has 0 amide bonds. The number of benzene rings is 1. The number of hydrogen-bond acceptors (Lipinski definition) is 4. The highest BCUT2D eigenvalue weighted by Gasteiger charge is 2.34. The molecule has 3 aromatic heterocycles. The van der Waals surface area contributed by atoms with Gasteiger partial charge < -0.3 is 9.15 Å². The second-order valence-electron chi connectivity index (χ2n) is 5.59. The van der Waals surface area contributed by atoms with Gasteiger partial charge in [0.1, 0.15) is 17.1 Å². The number of furan rings is 1. The van der Waals surface area contributed by atoms with Gasteiger partial charge in [-0.25, -0.2) is 0 Å². The molecule has 4 aromatic rings. The summed E-state index contributed by atoms with van der Waals surface area (Å²) in [5.41, 5.74) is 4.44. The zero-order chi connectivity index (χ0) is 15.9. The summed E-state index contributed by atoms with van der Waals surface area (Å²) in [5.74, 6) is 1.53. The number of fused-ring (bicyclic) bond motifs is 3. The molecule has 5 nitrogen and oxygen atoms in total. The highest BCUT2D eigenvalue weighted by atomic mass is 16.5. The maximum Gasteiger partial charge on any atom is 0.170 e. The van der Waals surface area contributed by atoms with Crippen molar-refractivity contribution in [3.8, 4) is 28.5 Å². The van der Waals surface area contributed by atoms with Crippen LogP contribution in [0.1, 0.15) is 17.4 Å². The van der Waals surface area contributed by atoms with Gasteiger partial charge in [-0.2, -0.15) is 5.10 Å². The Kier molecular flexibility index (Phi) is 2.79. The van der Waals surface area contributed by atoms with E-state index in [0.717, 1.165) is 39.7 Å². The molecule has 1 N–H and O–H groups in total. The number of aromatic nitrogens is 3. The first kappa shape index (κ1) is 13.1. The Morgan fingerprint density at radius 2 is 1.88 bits per heavy atom. The highest BCUT2D eigenvalue weighted by molar-refractivity contribution is 5.79. The van der Waals surface area contributed by atoms with Crippen molar-refractivity contribution in [3.63, 3.8) is 0 Å². The second kappa shape index (κ2) is 5.09. The SMILES string of the molecule is c1ccc(C2Oc3ccccc3-c3n[nH]c(-c4ccco4)c32)nc1. The summed E-state index contributed by atoms with van der Waals surface area (Å²) in [6.45, 7) is 0. The van der Waals surface area contributed by atoms with E-state index < -0.39 is 0 Å². The number of ether oxygens (including phenoxy) is 1. The molecule has 5 heteroatoms. The van der Waals surface area contributed by atoms with Crippen molar-refractivity contribution in [2.24, 2.45) is 0 Å². The highest BCUT2D eigenvalue weighted by Crippen LogP contribution is 2.46. The fourth-order valence-corrected chi connectivity index (χ4v) is 3.11. The first-order valence-electron chi connectivity index (χ1n) is 7.71. The molecule has 4 heterocycles. The summed E-state index contributed by atoms with van der Waals surface area (Å²) in [6.07, 6.45) is 3.08. The number of aromatic amines is 1. The summed E-state index contributed by atoms with van der Waals surface area (Å²) >= 11 is 0. The smallest absolute Gasteiger partial charge is 0.170 e. The summed E-state index contributed by atoms with van der Waals surface area (Å²) in [4.78, 5) is 4.48. The molecule has 116 valence electrons. The predicted octanol–water partition coefficient (Wildman–Crippen LogP) is 4.21. The minimum Gasteiger partial charge on any atom is -0.478 e. The number of hydrogen-bond donors (Lipinski definition) is 1. The van der Waals surface area contributed by atoms with Gasteiger partial charge in [-0.15, -0.1) is 0 Å². The van der Waals surface area contributed by atoms with E-state index in [0.29, 0.717) is 0 Å². The van der Waals surface area contributed by atoms with E-state index >= 15 is 0 Å². The van der Waals surface area contributed by atoms with Gasteiger partial charge in [0, 0.05) is 11.8 Å². The van der Waals surface area contributed by atoms with Crippen molar-refractivity contribution in [3.05, 3.63) is 78.3 Å². The zero-order valence-corrected chi connectivity index (χ0v) is 12.6. The molecule has 1 atom stereocenters. The summed E-state index contributed by atoms with van der Waals surface area (Å²) < 4.78 is 11.8. The fourth-order valence-electron chi connectivity index (χ4n) is 3.11. The molecule has 0 aliphatic carbocycles. The van der Waals surface area contributed by atoms with Crippen LogP contribution in [0.5, 0.6) is 5.75 Å². The van der Waals surface area contributed by atoms with E-state index in [2.05, 4.69) is 15.2 Å². The minimum atomic E-state index is -0.338. The van der Waals surface area contributed by atoms with E-state index in [1.54, 1.807) is 12.5 Å². The van der Waals surface area contributed by atoms with Gasteiger partial charge in [0.05, 0.1) is 17.5 Å². The third-order valence-electron chi connectivity index (χ3n) is 4.18. The standard InChI is InChI=1S/C19H13N3O2/c1-2-8-14-12(6-1)17-16(18(22-21-17)15-9-5-11-23-15)19(24-14)13-7-3-4-10-20-13/h1-11,19H,(H,21,22). The van der Waals surface area contributed by atoms with Crippen molar-refractivity contribution in [2.45, 2.75) is 6.10 Å². The Balaban J connectivity index is 1.77. The van der Waals surface area contributed by atoms with E-state index in [9.17, 15) is 0 Å². The Labute approximate surface area is 137 Å². The molecule has 24 heavy (non-hydrogen) atoms. The van der Waals surface area contributed by atoms with Crippen molar-refractivity contribution < 1.29 is 9.15 Å². The van der Waals surface area contributed by atoms with Crippen LogP contribution in [0.2, 0.25) is 0 Å². The number of nitrogens with one attached hydrogen (secondary N) is 1. The van der Waals surface area contributed by atoms with Gasteiger partial charge in [0.15, 0.2) is 11.9 Å². The Morgan fingerprint density at radius 1 is 0.958 bits per heavy atom. The number of pyridine rings is 1. The van der Waals surface area contributed by atoms with E-state index in [-0.39, 0.29) is 6.10 Å². The lowest BCUT2D eigenvalue weighted by Gasteiger charge is -2.26. The van der Waals surface area contributed by atoms with Gasteiger partial charge in [-0.3, -0.25) is 10.1 Å². The molecule has 0 saturated carbocycles. The zero-order valence-electron chi connectivity index (χ0n) is 12.6. The average Bonchev–Trinajstić information content (AvgIpc) is 3.31. The number of nitrogens with zero attached hydrogens (tertiary/aromatic N) is 2. The molecule has 0 saturated heterocycles. The van der Waals surface area contributed by atoms with Crippen LogP contribution in [0.25, 0.3) is 22.7 Å². The first-order chi connectivity index (χ1) is 11.9. The molecular weight excluding hydrogens is 302 g/mol. The third-order valence-corrected chi connectivity index (χ3v) is 4.18. The second-order valence-corrected chi connectivity index (χ2v) is 5.59. The van der Waals surface area contributed by atoms with Gasteiger partial charge >= 0.3 is 0 Å². The number of rotatable bonds is 2. The molecule has 1 aromatic carbocycles. The quantitative estimate of drug-likeness (QED) is 0.602. The average molecular weight is 315 g/mol. The van der Waals surface area contributed by atoms with Crippen molar-refractivity contribution in [1.82, 2.24) is 15.2 Å². The third kappa shape index (κ3) is 1.88. The number of para-hydroxylation sites is 1. The Hall–Kier alpha value is -3.34. The van der Waals surface area contributed by atoms with Crippen LogP contribution in [0, 0.1) is 0 Å². The maximum absolute atomic E-state index is 6.28. The summed E-state index contributed by atoms with van der Waals surface area (Å²) in [6, 6.07) is 17.5. The molecule has 1 aliphatic heterocycles. The first-order valence-corrected chi connectivity index (χ1v) is 7.71. The fraction of sp³-hybridized carbons (Fsp3) is 0.0526. The Bertz CT molecular complexity index is 991. The van der Waals surface area contributed by atoms with Crippen molar-refractivity contribution in [2.75, 3.05) is 0 Å². The lowest BCUT2D eigenvalue weighted by atomic mass is 9.94. The van der Waals surface area contributed by atoms with Crippen LogP contribution in [0.3, 0.4) is 0 Å². The van der Waals surface area contributed by atoms with Gasteiger partial charge in [0.2, 0.25) is 0 Å². The topological polar surface area (TPSA) is 63.9 Å². The molecule has 0 radical (unpaired) electrons. The van der Waals surface area contributed by atoms with Crippen LogP contribution >= 0.6 is 0 Å². The number of H-pyrrole nitrogens is 1. The Morgan fingerprint density at radius 3 is 2.71 bits per heavy atom. The summed E-state index contributed by atoms with van der Waals surface area (Å²) in [5, 5.41) is 7.64. The van der Waals surface area contributed by atoms with Crippen LogP contribution in [-0.4, -0.2) is 15.2 Å². The molecule has 0 fully saturated rings. The van der Waals surface area contributed by atoms with Crippen LogP contribution in [0.15, 0.2) is 71.5 Å². The molecular formula is C19H13N3O2. The van der Waals surface area contributed by atoms with E-state index in [1.165, 1.54) is 0 Å². The molecule has 0 spiro atoms. The van der Waals surface area contributed by atoms with E-state index in [1.807, 2.05) is 54.6 Å². The predicted molar refractivity (Wildman–Crippen MR) is 88.4 cm³/mol. The van der Waals surface area contributed by atoms with Crippen LogP contribution in [0.4, 0.5) is 0 Å². The normalized spacial score (nSPS) is 15.4. The van der Waals surface area contributed by atoms with E-state index in [4.69, 9.17) is 9.15 Å². The monoisotopic (exact) mass is 315 g/mol. The van der Waals surface area contributed by atoms with Crippen molar-refractivity contribution in [1.29, 1.82) is 0 Å². The largest absolute Gasteiger partial charge is 0.478 e. The van der Waals surface area contributed by atoms with Gasteiger partial charge in [-0.05, 0) is 36.4 Å². The molecule has 0 bridgehead atoms. The lowest BCUT2D eigenvalue weighted by Crippen LogP contribution is -2.16. The van der Waals surface area contributed by atoms with Gasteiger partial charge in [0.25, 0.3) is 0 Å².